The van der Waals surface area contributed by atoms with Crippen LogP contribution in [0, 0.1) is 10.1 Å². The van der Waals surface area contributed by atoms with Crippen molar-refractivity contribution in [3.63, 3.8) is 0 Å². The zero-order valence-electron chi connectivity index (χ0n) is 14.6. The maximum Gasteiger partial charge on any atom is 0.270 e. The first-order valence-electron chi connectivity index (χ1n) is 8.71. The Hall–Kier alpha value is -4.00. The molecule has 7 heteroatoms. The third kappa shape index (κ3) is 2.52. The molecule has 2 aromatic heterocycles. The van der Waals surface area contributed by atoms with Gasteiger partial charge in [0.15, 0.2) is 5.65 Å². The Balaban J connectivity index is 1.62. The van der Waals surface area contributed by atoms with Gasteiger partial charge in [-0.05, 0) is 28.5 Å². The van der Waals surface area contributed by atoms with Gasteiger partial charge in [0.25, 0.3) is 5.69 Å². The fourth-order valence-electron chi connectivity index (χ4n) is 3.55. The average molecular weight is 370 g/mol. The van der Waals surface area contributed by atoms with Crippen molar-refractivity contribution in [1.29, 1.82) is 0 Å². The molecule has 0 aliphatic rings. The molecule has 0 bridgehead atoms. The molecule has 0 atom stereocenters. The number of phenols is 1. The summed E-state index contributed by atoms with van der Waals surface area (Å²) < 4.78 is 1.63. The molecule has 3 aromatic carbocycles. The van der Waals surface area contributed by atoms with Crippen LogP contribution in [-0.2, 0) is 6.42 Å². The Labute approximate surface area is 158 Å². The number of nitrogens with zero attached hydrogens (tertiary/aromatic N) is 4. The van der Waals surface area contributed by atoms with Gasteiger partial charge in [0, 0.05) is 36.5 Å². The molecular formula is C21H14N4O3. The van der Waals surface area contributed by atoms with E-state index in [-0.39, 0.29) is 11.4 Å². The van der Waals surface area contributed by atoms with Gasteiger partial charge in [-0.3, -0.25) is 10.1 Å². The molecule has 5 aromatic rings. The third-order valence-corrected chi connectivity index (χ3v) is 4.90. The number of nitro groups is 1. The van der Waals surface area contributed by atoms with Gasteiger partial charge in [-0.2, -0.15) is 5.10 Å². The van der Waals surface area contributed by atoms with Crippen molar-refractivity contribution in [3.05, 3.63) is 88.2 Å². The van der Waals surface area contributed by atoms with E-state index in [0.29, 0.717) is 23.0 Å². The Morgan fingerprint density at radius 2 is 1.93 bits per heavy atom. The summed E-state index contributed by atoms with van der Waals surface area (Å²) in [7, 11) is 0. The van der Waals surface area contributed by atoms with Gasteiger partial charge in [-0.25, -0.2) is 9.50 Å². The van der Waals surface area contributed by atoms with Crippen molar-refractivity contribution in [2.24, 2.45) is 0 Å². The Kier molecular flexibility index (Phi) is 3.48. The van der Waals surface area contributed by atoms with Gasteiger partial charge < -0.3 is 5.11 Å². The Morgan fingerprint density at radius 3 is 2.79 bits per heavy atom. The quantitative estimate of drug-likeness (QED) is 0.379. The van der Waals surface area contributed by atoms with Gasteiger partial charge in [-0.15, -0.1) is 0 Å². The molecule has 2 heterocycles. The molecule has 7 nitrogen and oxygen atoms in total. The summed E-state index contributed by atoms with van der Waals surface area (Å²) in [6.45, 7) is 0. The van der Waals surface area contributed by atoms with Crippen LogP contribution in [0.15, 0.2) is 67.0 Å². The number of hydrogen-bond acceptors (Lipinski definition) is 5. The smallest absolute Gasteiger partial charge is 0.270 e. The van der Waals surface area contributed by atoms with Gasteiger partial charge in [-0.1, -0.05) is 30.3 Å². The molecule has 1 N–H and O–H groups in total. The predicted molar refractivity (Wildman–Crippen MR) is 106 cm³/mol. The molecule has 136 valence electrons. The summed E-state index contributed by atoms with van der Waals surface area (Å²) in [4.78, 5) is 15.1. The van der Waals surface area contributed by atoms with Crippen molar-refractivity contribution in [2.75, 3.05) is 0 Å². The predicted octanol–water partition coefficient (Wildman–Crippen LogP) is 4.24. The molecular weight excluding hydrogens is 356 g/mol. The summed E-state index contributed by atoms with van der Waals surface area (Å²) in [5, 5.41) is 28.6. The van der Waals surface area contributed by atoms with Crippen LogP contribution in [0.2, 0.25) is 0 Å². The minimum absolute atomic E-state index is 0.00829. The molecule has 28 heavy (non-hydrogen) atoms. The summed E-state index contributed by atoms with van der Waals surface area (Å²) in [5.41, 5.74) is 2.91. The molecule has 0 aliphatic carbocycles. The van der Waals surface area contributed by atoms with Crippen LogP contribution in [-0.4, -0.2) is 24.6 Å². The van der Waals surface area contributed by atoms with E-state index in [1.807, 2.05) is 36.5 Å². The highest BCUT2D eigenvalue weighted by molar-refractivity contribution is 5.93. The summed E-state index contributed by atoms with van der Waals surface area (Å²) in [5.74, 6) is 0.236. The highest BCUT2D eigenvalue weighted by atomic mass is 16.6. The lowest BCUT2D eigenvalue weighted by Crippen LogP contribution is -1.97. The zero-order valence-corrected chi connectivity index (χ0v) is 14.6. The number of benzene rings is 3. The summed E-state index contributed by atoms with van der Waals surface area (Å²) >= 11 is 0. The minimum atomic E-state index is -0.430. The van der Waals surface area contributed by atoms with E-state index >= 15 is 0 Å². The first-order valence-corrected chi connectivity index (χ1v) is 8.71. The van der Waals surface area contributed by atoms with Crippen molar-refractivity contribution < 1.29 is 10.0 Å². The van der Waals surface area contributed by atoms with Crippen LogP contribution in [0.5, 0.6) is 5.75 Å². The first-order chi connectivity index (χ1) is 13.6. The molecule has 0 unspecified atom stereocenters. The molecule has 0 fully saturated rings. The van der Waals surface area contributed by atoms with Crippen LogP contribution in [0.25, 0.3) is 27.3 Å². The van der Waals surface area contributed by atoms with E-state index in [1.54, 1.807) is 22.8 Å². The largest absolute Gasteiger partial charge is 0.508 e. The van der Waals surface area contributed by atoms with Crippen LogP contribution < -0.4 is 0 Å². The molecule has 0 amide bonds. The summed E-state index contributed by atoms with van der Waals surface area (Å²) in [6.07, 6.45) is 4.05. The van der Waals surface area contributed by atoms with Gasteiger partial charge >= 0.3 is 0 Å². The van der Waals surface area contributed by atoms with Gasteiger partial charge in [0.05, 0.1) is 15.8 Å². The average Bonchev–Trinajstić information content (AvgIpc) is 3.07. The highest BCUT2D eigenvalue weighted by Gasteiger charge is 2.14. The lowest BCUT2D eigenvalue weighted by atomic mass is 9.99. The highest BCUT2D eigenvalue weighted by Crippen LogP contribution is 2.30. The number of aromatic hydroxyl groups is 1. The Bertz CT molecular complexity index is 1390. The number of nitro benzene ring substituents is 1. The van der Waals surface area contributed by atoms with E-state index in [0.717, 1.165) is 21.9 Å². The second-order valence-corrected chi connectivity index (χ2v) is 6.65. The van der Waals surface area contributed by atoms with E-state index in [4.69, 9.17) is 0 Å². The number of phenolic OH excluding ortho intramolecular Hbond substituents is 1. The van der Waals surface area contributed by atoms with Crippen LogP contribution in [0.3, 0.4) is 0 Å². The summed E-state index contributed by atoms with van der Waals surface area (Å²) in [6, 6.07) is 16.0. The molecule has 0 aliphatic heterocycles. The van der Waals surface area contributed by atoms with E-state index in [1.165, 1.54) is 12.1 Å². The van der Waals surface area contributed by atoms with Crippen LogP contribution in [0.1, 0.15) is 11.1 Å². The lowest BCUT2D eigenvalue weighted by Gasteiger charge is -2.09. The molecule has 0 saturated carbocycles. The number of hydrogen-bond donors (Lipinski definition) is 1. The van der Waals surface area contributed by atoms with Crippen molar-refractivity contribution in [1.82, 2.24) is 14.6 Å². The van der Waals surface area contributed by atoms with Crippen molar-refractivity contribution in [2.45, 2.75) is 6.42 Å². The molecule has 0 radical (unpaired) electrons. The van der Waals surface area contributed by atoms with Crippen LogP contribution in [0.4, 0.5) is 5.69 Å². The maximum absolute atomic E-state index is 11.0. The fraction of sp³-hybridized carbons (Fsp3) is 0.0476. The molecule has 0 spiro atoms. The minimum Gasteiger partial charge on any atom is -0.508 e. The third-order valence-electron chi connectivity index (χ3n) is 4.90. The van der Waals surface area contributed by atoms with E-state index in [2.05, 4.69) is 10.1 Å². The SMILES string of the molecule is O=[N+]([O-])c1ccc2nn3cc(Cc4c(O)ccc5ccccc45)cnc3c2c1. The zero-order chi connectivity index (χ0) is 19.3. The monoisotopic (exact) mass is 370 g/mol. The van der Waals surface area contributed by atoms with Gasteiger partial charge in [0.1, 0.15) is 5.75 Å². The number of fused-ring (bicyclic) bond motifs is 4. The normalized spacial score (nSPS) is 11.4. The standard InChI is InChI=1S/C21H14N4O3/c26-20-8-5-14-3-1-2-4-16(14)17(20)9-13-11-22-21-18-10-15(25(27)28)6-7-19(18)23-24(21)12-13/h1-8,10-12,26H,9H2. The first kappa shape index (κ1) is 16.2. The van der Waals surface area contributed by atoms with E-state index < -0.39 is 4.92 Å². The number of rotatable bonds is 3. The lowest BCUT2D eigenvalue weighted by molar-refractivity contribution is -0.384. The topological polar surface area (TPSA) is 93.6 Å². The van der Waals surface area contributed by atoms with Crippen molar-refractivity contribution >= 4 is 33.0 Å². The van der Waals surface area contributed by atoms with Gasteiger partial charge in [0.2, 0.25) is 0 Å². The maximum atomic E-state index is 11.0. The second-order valence-electron chi connectivity index (χ2n) is 6.65. The Morgan fingerprint density at radius 1 is 1.07 bits per heavy atom. The molecule has 0 saturated heterocycles. The number of non-ortho nitro benzene ring substituents is 1. The van der Waals surface area contributed by atoms with Crippen LogP contribution >= 0.6 is 0 Å². The fourth-order valence-corrected chi connectivity index (χ4v) is 3.55. The van der Waals surface area contributed by atoms with Crippen molar-refractivity contribution in [3.8, 4) is 5.75 Å². The number of aromatic nitrogens is 3. The van der Waals surface area contributed by atoms with E-state index in [9.17, 15) is 15.2 Å². The second kappa shape index (κ2) is 6.02. The molecule has 5 rings (SSSR count).